The number of hydrogen-bond acceptors (Lipinski definition) is 2. The number of aryl methyl sites for hydroxylation is 1. The quantitative estimate of drug-likeness (QED) is 0.902. The number of rotatable bonds is 3. The summed E-state index contributed by atoms with van der Waals surface area (Å²) in [5, 5.41) is 0. The first-order chi connectivity index (χ1) is 9.16. The van der Waals surface area contributed by atoms with E-state index in [0.29, 0.717) is 0 Å². The maximum atomic E-state index is 6.18. The van der Waals surface area contributed by atoms with Crippen molar-refractivity contribution >= 4 is 5.69 Å². The van der Waals surface area contributed by atoms with Gasteiger partial charge in [0.15, 0.2) is 0 Å². The summed E-state index contributed by atoms with van der Waals surface area (Å²) in [5.74, 6) is 1.65. The summed E-state index contributed by atoms with van der Waals surface area (Å²) in [5.41, 5.74) is 9.37. The average Bonchev–Trinajstić information content (AvgIpc) is 2.38. The van der Waals surface area contributed by atoms with Crippen molar-refractivity contribution in [2.75, 3.05) is 18.0 Å². The Morgan fingerprint density at radius 2 is 2.05 bits per heavy atom. The molecule has 1 aliphatic carbocycles. The molecule has 3 rings (SSSR count). The number of benzene rings is 1. The minimum absolute atomic E-state index is 0.242. The molecule has 1 aromatic rings. The standard InChI is InChI=1S/C17H26N2/c1-13(2)15-10-17(11-15,12-18)19-9-5-7-14-6-3-4-8-16(14)19/h3-4,6,8,13,15H,5,7,9-12,18H2,1-2H3. The summed E-state index contributed by atoms with van der Waals surface area (Å²) in [4.78, 5) is 2.63. The van der Waals surface area contributed by atoms with Crippen molar-refractivity contribution in [3.8, 4) is 0 Å². The number of hydrogen-bond donors (Lipinski definition) is 1. The highest BCUT2D eigenvalue weighted by Crippen LogP contribution is 2.48. The third-order valence-electron chi connectivity index (χ3n) is 5.29. The van der Waals surface area contributed by atoms with Crippen LogP contribution in [0.1, 0.15) is 38.7 Å². The van der Waals surface area contributed by atoms with Gasteiger partial charge in [0.2, 0.25) is 0 Å². The molecule has 104 valence electrons. The second kappa shape index (κ2) is 4.82. The SMILES string of the molecule is CC(C)C1CC(CN)(N2CCCc3ccccc32)C1. The predicted octanol–water partition coefficient (Wildman–Crippen LogP) is 3.20. The van der Waals surface area contributed by atoms with Gasteiger partial charge in [-0.1, -0.05) is 32.0 Å². The van der Waals surface area contributed by atoms with Gasteiger partial charge in [-0.15, -0.1) is 0 Å². The Hall–Kier alpha value is -1.02. The molecular formula is C17H26N2. The lowest BCUT2D eigenvalue weighted by molar-refractivity contribution is 0.101. The van der Waals surface area contributed by atoms with E-state index in [1.165, 1.54) is 43.5 Å². The Morgan fingerprint density at radius 3 is 2.74 bits per heavy atom. The van der Waals surface area contributed by atoms with Gasteiger partial charge in [-0.05, 0) is 49.1 Å². The molecule has 0 unspecified atom stereocenters. The summed E-state index contributed by atoms with van der Waals surface area (Å²) in [7, 11) is 0. The molecule has 0 saturated heterocycles. The van der Waals surface area contributed by atoms with Crippen LogP contribution >= 0.6 is 0 Å². The van der Waals surface area contributed by atoms with E-state index in [-0.39, 0.29) is 5.54 Å². The van der Waals surface area contributed by atoms with Gasteiger partial charge in [0, 0.05) is 18.8 Å². The predicted molar refractivity (Wildman–Crippen MR) is 81.5 cm³/mol. The first-order valence-corrected chi connectivity index (χ1v) is 7.72. The molecule has 1 aliphatic heterocycles. The van der Waals surface area contributed by atoms with Crippen molar-refractivity contribution in [1.82, 2.24) is 0 Å². The fourth-order valence-electron chi connectivity index (χ4n) is 3.91. The smallest absolute Gasteiger partial charge is 0.0529 e. The Labute approximate surface area is 117 Å². The zero-order valence-corrected chi connectivity index (χ0v) is 12.2. The molecule has 2 heteroatoms. The van der Waals surface area contributed by atoms with Gasteiger partial charge < -0.3 is 10.6 Å². The molecule has 1 fully saturated rings. The van der Waals surface area contributed by atoms with Crippen molar-refractivity contribution in [2.24, 2.45) is 17.6 Å². The zero-order valence-electron chi connectivity index (χ0n) is 12.2. The topological polar surface area (TPSA) is 29.3 Å². The second-order valence-corrected chi connectivity index (χ2v) is 6.72. The Balaban J connectivity index is 1.87. The minimum Gasteiger partial charge on any atom is -0.364 e. The molecule has 0 radical (unpaired) electrons. The Bertz CT molecular complexity index is 446. The van der Waals surface area contributed by atoms with Crippen LogP contribution in [0.25, 0.3) is 0 Å². The van der Waals surface area contributed by atoms with Crippen LogP contribution in [0.5, 0.6) is 0 Å². The zero-order chi connectivity index (χ0) is 13.5. The monoisotopic (exact) mass is 258 g/mol. The molecule has 0 atom stereocenters. The summed E-state index contributed by atoms with van der Waals surface area (Å²) in [6, 6.07) is 8.90. The molecule has 19 heavy (non-hydrogen) atoms. The molecule has 2 aliphatic rings. The minimum atomic E-state index is 0.242. The fourth-order valence-corrected chi connectivity index (χ4v) is 3.91. The van der Waals surface area contributed by atoms with E-state index in [0.717, 1.165) is 18.4 Å². The molecule has 0 spiro atoms. The molecule has 1 heterocycles. The van der Waals surface area contributed by atoms with Crippen molar-refractivity contribution in [2.45, 2.75) is 45.1 Å². The van der Waals surface area contributed by atoms with E-state index >= 15 is 0 Å². The molecule has 1 saturated carbocycles. The first-order valence-electron chi connectivity index (χ1n) is 7.72. The maximum Gasteiger partial charge on any atom is 0.0529 e. The van der Waals surface area contributed by atoms with Crippen LogP contribution in [0.2, 0.25) is 0 Å². The third-order valence-corrected chi connectivity index (χ3v) is 5.29. The van der Waals surface area contributed by atoms with Crippen LogP contribution in [0.15, 0.2) is 24.3 Å². The van der Waals surface area contributed by atoms with Crippen LogP contribution in [-0.4, -0.2) is 18.6 Å². The molecule has 1 aromatic carbocycles. The lowest BCUT2D eigenvalue weighted by Gasteiger charge is -2.57. The molecule has 0 aromatic heterocycles. The van der Waals surface area contributed by atoms with Crippen LogP contribution in [-0.2, 0) is 6.42 Å². The van der Waals surface area contributed by atoms with E-state index in [2.05, 4.69) is 43.0 Å². The average molecular weight is 258 g/mol. The van der Waals surface area contributed by atoms with E-state index in [1.807, 2.05) is 0 Å². The van der Waals surface area contributed by atoms with Gasteiger partial charge in [0.05, 0.1) is 5.54 Å². The third kappa shape index (κ3) is 2.06. The van der Waals surface area contributed by atoms with Crippen molar-refractivity contribution in [1.29, 1.82) is 0 Å². The van der Waals surface area contributed by atoms with Gasteiger partial charge in [0.1, 0.15) is 0 Å². The highest BCUT2D eigenvalue weighted by molar-refractivity contribution is 5.58. The number of nitrogens with two attached hydrogens (primary N) is 1. The lowest BCUT2D eigenvalue weighted by atomic mass is 9.62. The van der Waals surface area contributed by atoms with Gasteiger partial charge in [-0.3, -0.25) is 0 Å². The van der Waals surface area contributed by atoms with E-state index in [1.54, 1.807) is 0 Å². The van der Waals surface area contributed by atoms with Crippen LogP contribution in [0.4, 0.5) is 5.69 Å². The summed E-state index contributed by atoms with van der Waals surface area (Å²) in [6.45, 7) is 6.66. The van der Waals surface area contributed by atoms with E-state index in [4.69, 9.17) is 5.73 Å². The largest absolute Gasteiger partial charge is 0.364 e. The van der Waals surface area contributed by atoms with Crippen LogP contribution in [0, 0.1) is 11.8 Å². The molecule has 0 bridgehead atoms. The maximum absolute atomic E-state index is 6.18. The Morgan fingerprint density at radius 1 is 1.32 bits per heavy atom. The van der Waals surface area contributed by atoms with Crippen LogP contribution < -0.4 is 10.6 Å². The first kappa shape index (κ1) is 13.0. The molecular weight excluding hydrogens is 232 g/mol. The van der Waals surface area contributed by atoms with Gasteiger partial charge in [-0.25, -0.2) is 0 Å². The lowest BCUT2D eigenvalue weighted by Crippen LogP contribution is -2.63. The summed E-state index contributed by atoms with van der Waals surface area (Å²) < 4.78 is 0. The van der Waals surface area contributed by atoms with Crippen LogP contribution in [0.3, 0.4) is 0 Å². The van der Waals surface area contributed by atoms with Crippen molar-refractivity contribution < 1.29 is 0 Å². The van der Waals surface area contributed by atoms with E-state index < -0.39 is 0 Å². The molecule has 2 nitrogen and oxygen atoms in total. The normalized spacial score (nSPS) is 30.1. The molecule has 0 amide bonds. The second-order valence-electron chi connectivity index (χ2n) is 6.72. The Kier molecular flexibility index (Phi) is 3.30. The number of nitrogens with zero attached hydrogens (tertiary/aromatic N) is 1. The number of fused-ring (bicyclic) bond motifs is 1. The number of anilines is 1. The van der Waals surface area contributed by atoms with Gasteiger partial charge >= 0.3 is 0 Å². The number of para-hydroxylation sites is 1. The summed E-state index contributed by atoms with van der Waals surface area (Å²) in [6.07, 6.45) is 5.04. The van der Waals surface area contributed by atoms with Gasteiger partial charge in [0.25, 0.3) is 0 Å². The van der Waals surface area contributed by atoms with Crippen molar-refractivity contribution in [3.63, 3.8) is 0 Å². The van der Waals surface area contributed by atoms with E-state index in [9.17, 15) is 0 Å². The fraction of sp³-hybridized carbons (Fsp3) is 0.647. The van der Waals surface area contributed by atoms with Gasteiger partial charge in [-0.2, -0.15) is 0 Å². The highest BCUT2D eigenvalue weighted by atomic mass is 15.2. The van der Waals surface area contributed by atoms with Crippen molar-refractivity contribution in [3.05, 3.63) is 29.8 Å². The summed E-state index contributed by atoms with van der Waals surface area (Å²) >= 11 is 0. The highest BCUT2D eigenvalue weighted by Gasteiger charge is 2.49. The molecule has 2 N–H and O–H groups in total.